The van der Waals surface area contributed by atoms with Crippen molar-refractivity contribution in [2.45, 2.75) is 77.8 Å². The Morgan fingerprint density at radius 3 is 2.51 bits per heavy atom. The number of nitrogens with one attached hydrogen (secondary N) is 2. The quantitative estimate of drug-likeness (QED) is 0.405. The average Bonchev–Trinajstić information content (AvgIpc) is 3.09. The molecule has 1 heterocycles. The number of aromatic nitrogens is 2. The molecular weight excluding hydrogens is 486 g/mol. The van der Waals surface area contributed by atoms with Crippen LogP contribution in [0.4, 0.5) is 0 Å². The summed E-state index contributed by atoms with van der Waals surface area (Å²) < 4.78 is 2.12. The first kappa shape index (κ1) is 28.1. The highest BCUT2D eigenvalue weighted by molar-refractivity contribution is 5.95. The lowest BCUT2D eigenvalue weighted by molar-refractivity contribution is -0.119. The average molecular weight is 528 g/mol. The molecule has 0 fully saturated rings. The summed E-state index contributed by atoms with van der Waals surface area (Å²) in [5, 5.41) is 6.15. The van der Waals surface area contributed by atoms with Gasteiger partial charge in [-0.2, -0.15) is 0 Å². The van der Waals surface area contributed by atoms with Gasteiger partial charge in [0, 0.05) is 48.5 Å². The van der Waals surface area contributed by atoms with Crippen molar-refractivity contribution in [3.8, 4) is 11.3 Å². The molecule has 4 rings (SSSR count). The second-order valence-corrected chi connectivity index (χ2v) is 10.9. The summed E-state index contributed by atoms with van der Waals surface area (Å²) in [5.41, 5.74) is 10.7. The van der Waals surface area contributed by atoms with Crippen LogP contribution >= 0.6 is 0 Å². The van der Waals surface area contributed by atoms with Gasteiger partial charge in [-0.3, -0.25) is 9.59 Å². The van der Waals surface area contributed by atoms with Crippen LogP contribution < -0.4 is 16.4 Å². The molecule has 1 aromatic carbocycles. The van der Waals surface area contributed by atoms with Gasteiger partial charge in [0.25, 0.3) is 5.91 Å². The van der Waals surface area contributed by atoms with Crippen LogP contribution in [0.1, 0.15) is 87.6 Å². The molecule has 206 valence electrons. The molecule has 2 aromatic rings. The summed E-state index contributed by atoms with van der Waals surface area (Å²) in [7, 11) is 0. The van der Waals surface area contributed by atoms with Crippen molar-refractivity contribution in [3.63, 3.8) is 0 Å². The predicted octanol–water partition coefficient (Wildman–Crippen LogP) is 5.77. The minimum atomic E-state index is -0.0766. The van der Waals surface area contributed by atoms with E-state index in [2.05, 4.69) is 48.1 Å². The van der Waals surface area contributed by atoms with Crippen molar-refractivity contribution in [1.29, 1.82) is 0 Å². The topological polar surface area (TPSA) is 102 Å². The number of rotatable bonds is 8. The molecule has 2 amide bonds. The van der Waals surface area contributed by atoms with Crippen LogP contribution in [0.15, 0.2) is 60.8 Å². The van der Waals surface area contributed by atoms with Gasteiger partial charge >= 0.3 is 0 Å². The number of nitrogens with zero attached hydrogens (tertiary/aromatic N) is 2. The summed E-state index contributed by atoms with van der Waals surface area (Å²) >= 11 is 0. The Hall–Kier alpha value is -3.87. The van der Waals surface area contributed by atoms with Crippen LogP contribution in [0.2, 0.25) is 0 Å². The second kappa shape index (κ2) is 12.8. The zero-order chi connectivity index (χ0) is 27.9. The van der Waals surface area contributed by atoms with E-state index in [9.17, 15) is 9.59 Å². The number of amides is 2. The Balaban J connectivity index is 1.67. The predicted molar refractivity (Wildman–Crippen MR) is 159 cm³/mol. The molecule has 1 aromatic heterocycles. The Bertz CT molecular complexity index is 1300. The van der Waals surface area contributed by atoms with Crippen molar-refractivity contribution in [2.75, 3.05) is 0 Å². The van der Waals surface area contributed by atoms with E-state index in [1.807, 2.05) is 48.7 Å². The fraction of sp³-hybridized carbons (Fsp3) is 0.406. The normalized spacial score (nSPS) is 20.1. The smallest absolute Gasteiger partial charge is 0.251 e. The van der Waals surface area contributed by atoms with E-state index < -0.39 is 0 Å². The molecule has 2 aliphatic rings. The van der Waals surface area contributed by atoms with Crippen molar-refractivity contribution in [1.82, 2.24) is 20.2 Å². The second-order valence-electron chi connectivity index (χ2n) is 10.9. The number of carbonyl (C=O) groups excluding carboxylic acids is 2. The van der Waals surface area contributed by atoms with Crippen molar-refractivity contribution >= 4 is 23.6 Å². The van der Waals surface area contributed by atoms with Gasteiger partial charge in [0.1, 0.15) is 5.82 Å². The largest absolute Gasteiger partial charge is 0.403 e. The Morgan fingerprint density at radius 2 is 1.87 bits per heavy atom. The number of allylic oxidation sites excluding steroid dienone is 4. The maximum Gasteiger partial charge on any atom is 0.251 e. The lowest BCUT2D eigenvalue weighted by atomic mass is 9.91. The summed E-state index contributed by atoms with van der Waals surface area (Å²) in [6, 6.07) is 7.91. The third kappa shape index (κ3) is 6.77. The molecule has 3 unspecified atom stereocenters. The zero-order valence-electron chi connectivity index (χ0n) is 23.5. The summed E-state index contributed by atoms with van der Waals surface area (Å²) in [4.78, 5) is 29.6. The standard InChI is InChI=1S/C32H41N5O2/c1-21(2)22(3)30-29(24-11-13-26(14-12-24)32(39)35-27-9-7-5-6-8-10-27)36-31(37(30)20-19-33)25-15-17-28(18-16-25)34-23(4)38/h5-7,9,11-15,19-22,27-28H,8,10,16-18,33H2,1-4H3,(H,34,38)(H,35,39)/b20-19-. The van der Waals surface area contributed by atoms with Crippen molar-refractivity contribution in [3.05, 3.63) is 77.9 Å². The Kier molecular flexibility index (Phi) is 9.23. The molecule has 0 saturated carbocycles. The van der Waals surface area contributed by atoms with E-state index in [1.54, 1.807) is 13.1 Å². The number of benzene rings is 1. The molecule has 0 saturated heterocycles. The third-order valence-corrected chi connectivity index (χ3v) is 7.69. The first-order valence-electron chi connectivity index (χ1n) is 14.0. The SMILES string of the molecule is CC(=O)NC1CC=C(c2nc(-c3ccc(C(=O)NC4C=CC=CCC4)cc3)c(C(C)C(C)C)n2/C=C\N)CC1. The summed E-state index contributed by atoms with van der Waals surface area (Å²) in [6.07, 6.45) is 18.1. The van der Waals surface area contributed by atoms with E-state index in [-0.39, 0.29) is 29.8 Å². The molecule has 39 heavy (non-hydrogen) atoms. The van der Waals surface area contributed by atoms with E-state index in [4.69, 9.17) is 10.7 Å². The highest BCUT2D eigenvalue weighted by Gasteiger charge is 2.27. The molecule has 7 nitrogen and oxygen atoms in total. The molecular formula is C32H41N5O2. The zero-order valence-corrected chi connectivity index (χ0v) is 23.5. The van der Waals surface area contributed by atoms with Crippen molar-refractivity contribution < 1.29 is 9.59 Å². The maximum absolute atomic E-state index is 12.9. The molecule has 2 aliphatic carbocycles. The van der Waals surface area contributed by atoms with E-state index >= 15 is 0 Å². The van der Waals surface area contributed by atoms with Gasteiger partial charge in [0.05, 0.1) is 11.4 Å². The van der Waals surface area contributed by atoms with Crippen LogP contribution in [-0.2, 0) is 4.79 Å². The number of nitrogens with two attached hydrogens (primary N) is 1. The molecule has 0 aliphatic heterocycles. The third-order valence-electron chi connectivity index (χ3n) is 7.69. The highest BCUT2D eigenvalue weighted by Crippen LogP contribution is 2.38. The lowest BCUT2D eigenvalue weighted by Crippen LogP contribution is -2.33. The number of carbonyl (C=O) groups is 2. The fourth-order valence-corrected chi connectivity index (χ4v) is 5.22. The highest BCUT2D eigenvalue weighted by atomic mass is 16.2. The van der Waals surface area contributed by atoms with Gasteiger partial charge in [0.2, 0.25) is 5.91 Å². The van der Waals surface area contributed by atoms with E-state index in [0.29, 0.717) is 11.5 Å². The van der Waals surface area contributed by atoms with Gasteiger partial charge in [-0.15, -0.1) is 0 Å². The van der Waals surface area contributed by atoms with Crippen molar-refractivity contribution in [2.24, 2.45) is 11.7 Å². The molecule has 4 N–H and O–H groups in total. The summed E-state index contributed by atoms with van der Waals surface area (Å²) in [6.45, 7) is 8.19. The molecule has 0 bridgehead atoms. The molecule has 3 atom stereocenters. The maximum atomic E-state index is 12.9. The first-order chi connectivity index (χ1) is 18.8. The number of hydrogen-bond donors (Lipinski definition) is 3. The van der Waals surface area contributed by atoms with E-state index in [0.717, 1.165) is 60.5 Å². The van der Waals surface area contributed by atoms with Gasteiger partial charge in [-0.1, -0.05) is 63.3 Å². The van der Waals surface area contributed by atoms with E-state index in [1.165, 1.54) is 0 Å². The monoisotopic (exact) mass is 527 g/mol. The van der Waals surface area contributed by atoms with Crippen LogP contribution in [0, 0.1) is 5.92 Å². The molecule has 0 radical (unpaired) electrons. The van der Waals surface area contributed by atoms with Gasteiger partial charge in [0.15, 0.2) is 0 Å². The Labute approximate surface area is 232 Å². The molecule has 7 heteroatoms. The lowest BCUT2D eigenvalue weighted by Gasteiger charge is -2.23. The van der Waals surface area contributed by atoms with Crippen LogP contribution in [0.3, 0.4) is 0 Å². The van der Waals surface area contributed by atoms with Gasteiger partial charge in [-0.25, -0.2) is 4.98 Å². The first-order valence-corrected chi connectivity index (χ1v) is 14.0. The fourth-order valence-electron chi connectivity index (χ4n) is 5.22. The number of hydrogen-bond acceptors (Lipinski definition) is 4. The summed E-state index contributed by atoms with van der Waals surface area (Å²) in [5.74, 6) is 1.40. The number of imidazole rings is 1. The van der Waals surface area contributed by atoms with Gasteiger partial charge < -0.3 is 20.9 Å². The van der Waals surface area contributed by atoms with Crippen LogP contribution in [0.25, 0.3) is 23.0 Å². The minimum Gasteiger partial charge on any atom is -0.403 e. The Morgan fingerprint density at radius 1 is 1.10 bits per heavy atom. The van der Waals surface area contributed by atoms with Crippen LogP contribution in [-0.4, -0.2) is 33.4 Å². The minimum absolute atomic E-state index is 0.000382. The van der Waals surface area contributed by atoms with Crippen LogP contribution in [0.5, 0.6) is 0 Å². The van der Waals surface area contributed by atoms with Gasteiger partial charge in [-0.05, 0) is 55.7 Å². The molecule has 0 spiro atoms.